The van der Waals surface area contributed by atoms with Crippen molar-refractivity contribution in [2.24, 2.45) is 0 Å². The Labute approximate surface area is 120 Å². The van der Waals surface area contributed by atoms with Crippen molar-refractivity contribution < 1.29 is 9.18 Å². The average Bonchev–Trinajstić information content (AvgIpc) is 2.83. The molecule has 0 fully saturated rings. The van der Waals surface area contributed by atoms with E-state index < -0.39 is 6.04 Å². The van der Waals surface area contributed by atoms with Crippen LogP contribution in [0.3, 0.4) is 0 Å². The maximum absolute atomic E-state index is 13.6. The number of nitrogens with one attached hydrogen (secondary N) is 2. The van der Waals surface area contributed by atoms with Crippen LogP contribution in [0.1, 0.15) is 18.4 Å². The predicted octanol–water partition coefficient (Wildman–Crippen LogP) is 2.81. The van der Waals surface area contributed by atoms with Crippen molar-refractivity contribution in [2.75, 3.05) is 10.6 Å². The maximum atomic E-state index is 13.6. The third kappa shape index (κ3) is 3.51. The first-order chi connectivity index (χ1) is 9.60. The van der Waals surface area contributed by atoms with Crippen molar-refractivity contribution in [1.29, 1.82) is 0 Å². The van der Waals surface area contributed by atoms with Crippen LogP contribution in [0.4, 0.5) is 15.2 Å². The highest BCUT2D eigenvalue weighted by molar-refractivity contribution is 7.15. The molecule has 1 heterocycles. The molecule has 0 radical (unpaired) electrons. The number of hydrogen-bond acceptors (Lipinski definition) is 5. The lowest BCUT2D eigenvalue weighted by atomic mass is 10.2. The van der Waals surface area contributed by atoms with Gasteiger partial charge in [0.1, 0.15) is 16.9 Å². The highest BCUT2D eigenvalue weighted by Gasteiger charge is 2.18. The number of carbonyl (C=O) groups excluding carboxylic acids is 1. The third-order valence-corrected chi connectivity index (χ3v) is 3.44. The van der Waals surface area contributed by atoms with Gasteiger partial charge in [0.25, 0.3) is 0 Å². The Balaban J connectivity index is 2.04. The van der Waals surface area contributed by atoms with Crippen LogP contribution < -0.4 is 10.6 Å². The van der Waals surface area contributed by atoms with Crippen molar-refractivity contribution in [1.82, 2.24) is 10.2 Å². The summed E-state index contributed by atoms with van der Waals surface area (Å²) in [5.41, 5.74) is 0.308. The molecule has 7 heteroatoms. The fraction of sp³-hybridized carbons (Fsp3) is 0.308. The number of carbonyl (C=O) groups is 1. The monoisotopic (exact) mass is 294 g/mol. The van der Waals surface area contributed by atoms with Crippen LogP contribution in [-0.4, -0.2) is 22.1 Å². The smallest absolute Gasteiger partial charge is 0.248 e. The summed E-state index contributed by atoms with van der Waals surface area (Å²) in [5, 5.41) is 14.4. The van der Waals surface area contributed by atoms with Gasteiger partial charge in [-0.25, -0.2) is 4.39 Å². The summed E-state index contributed by atoms with van der Waals surface area (Å²) in [7, 11) is 0. The number of hydrogen-bond donors (Lipinski definition) is 2. The minimum Gasteiger partial charge on any atom is -0.371 e. The summed E-state index contributed by atoms with van der Waals surface area (Å²) in [4.78, 5) is 12.1. The van der Waals surface area contributed by atoms with E-state index in [0.717, 1.165) is 5.01 Å². The molecular formula is C13H15FN4OS. The van der Waals surface area contributed by atoms with Gasteiger partial charge in [0.2, 0.25) is 11.0 Å². The second kappa shape index (κ2) is 6.42. The normalized spacial score (nSPS) is 11.9. The highest BCUT2D eigenvalue weighted by atomic mass is 32.1. The summed E-state index contributed by atoms with van der Waals surface area (Å²) >= 11 is 1.30. The number of benzene rings is 1. The zero-order valence-electron chi connectivity index (χ0n) is 11.2. The largest absolute Gasteiger partial charge is 0.371 e. The summed E-state index contributed by atoms with van der Waals surface area (Å²) in [6, 6.07) is 5.73. The standard InChI is InChI=1S/C13H15FN4OS/c1-3-10(15-11-7-5-4-6-9(11)14)12(19)16-13-18-17-8(2)20-13/h4-7,10,15H,3H2,1-2H3,(H,16,18,19)/t10-/m0/s1. The SMILES string of the molecule is CC[C@H](Nc1ccccc1F)C(=O)Nc1nnc(C)s1. The lowest BCUT2D eigenvalue weighted by Gasteiger charge is -2.17. The Morgan fingerprint density at radius 3 is 2.75 bits per heavy atom. The molecule has 0 aliphatic carbocycles. The molecule has 2 aromatic rings. The van der Waals surface area contributed by atoms with Gasteiger partial charge in [-0.2, -0.15) is 0 Å². The number of para-hydroxylation sites is 1. The molecule has 0 aliphatic rings. The van der Waals surface area contributed by atoms with E-state index in [1.807, 2.05) is 13.8 Å². The van der Waals surface area contributed by atoms with Crippen molar-refractivity contribution in [3.05, 3.63) is 35.1 Å². The quantitative estimate of drug-likeness (QED) is 0.890. The van der Waals surface area contributed by atoms with Gasteiger partial charge in [0.15, 0.2) is 0 Å². The molecule has 106 valence electrons. The minimum atomic E-state index is -0.531. The van der Waals surface area contributed by atoms with Gasteiger partial charge in [0.05, 0.1) is 5.69 Å². The Hall–Kier alpha value is -2.02. The van der Waals surface area contributed by atoms with E-state index in [1.165, 1.54) is 17.4 Å². The van der Waals surface area contributed by atoms with Gasteiger partial charge < -0.3 is 5.32 Å². The molecule has 0 unspecified atom stereocenters. The van der Waals surface area contributed by atoms with Gasteiger partial charge in [-0.15, -0.1) is 10.2 Å². The molecule has 0 saturated heterocycles. The fourth-order valence-corrected chi connectivity index (χ4v) is 2.25. The van der Waals surface area contributed by atoms with Crippen molar-refractivity contribution in [2.45, 2.75) is 26.3 Å². The third-order valence-electron chi connectivity index (χ3n) is 2.68. The molecule has 1 amide bonds. The van der Waals surface area contributed by atoms with Crippen molar-refractivity contribution >= 4 is 28.1 Å². The first-order valence-corrected chi connectivity index (χ1v) is 7.04. The second-order valence-electron chi connectivity index (χ2n) is 4.20. The number of anilines is 2. The van der Waals surface area contributed by atoms with Crippen LogP contribution >= 0.6 is 11.3 Å². The molecule has 0 saturated carbocycles. The first-order valence-electron chi connectivity index (χ1n) is 6.22. The van der Waals surface area contributed by atoms with Crippen LogP contribution in [0, 0.1) is 12.7 Å². The van der Waals surface area contributed by atoms with E-state index in [-0.39, 0.29) is 11.7 Å². The van der Waals surface area contributed by atoms with Gasteiger partial charge in [-0.1, -0.05) is 30.4 Å². The van der Waals surface area contributed by atoms with E-state index in [2.05, 4.69) is 20.8 Å². The van der Waals surface area contributed by atoms with Gasteiger partial charge >= 0.3 is 0 Å². The molecule has 0 spiro atoms. The number of halogens is 1. The van der Waals surface area contributed by atoms with Gasteiger partial charge in [-0.05, 0) is 25.5 Å². The van der Waals surface area contributed by atoms with Crippen LogP contribution in [-0.2, 0) is 4.79 Å². The summed E-state index contributed by atoms with van der Waals surface area (Å²) in [5.74, 6) is -0.641. The summed E-state index contributed by atoms with van der Waals surface area (Å²) in [6.45, 7) is 3.66. The minimum absolute atomic E-state index is 0.257. The van der Waals surface area contributed by atoms with E-state index in [9.17, 15) is 9.18 Å². The number of aryl methyl sites for hydroxylation is 1. The molecule has 2 rings (SSSR count). The lowest BCUT2D eigenvalue weighted by molar-refractivity contribution is -0.117. The maximum Gasteiger partial charge on any atom is 0.248 e. The lowest BCUT2D eigenvalue weighted by Crippen LogP contribution is -2.34. The number of nitrogens with zero attached hydrogens (tertiary/aromatic N) is 2. The molecule has 20 heavy (non-hydrogen) atoms. The molecule has 5 nitrogen and oxygen atoms in total. The molecule has 1 atom stereocenters. The number of aromatic nitrogens is 2. The fourth-order valence-electron chi connectivity index (χ4n) is 1.66. The summed E-state index contributed by atoms with van der Waals surface area (Å²) < 4.78 is 13.6. The average molecular weight is 294 g/mol. The Morgan fingerprint density at radius 1 is 1.40 bits per heavy atom. The Bertz CT molecular complexity index is 602. The van der Waals surface area contributed by atoms with Crippen molar-refractivity contribution in [3.63, 3.8) is 0 Å². The van der Waals surface area contributed by atoms with Gasteiger partial charge in [0, 0.05) is 0 Å². The zero-order chi connectivity index (χ0) is 14.5. The van der Waals surface area contributed by atoms with Crippen LogP contribution in [0.5, 0.6) is 0 Å². The highest BCUT2D eigenvalue weighted by Crippen LogP contribution is 2.17. The Morgan fingerprint density at radius 2 is 2.15 bits per heavy atom. The number of amides is 1. The predicted molar refractivity (Wildman–Crippen MR) is 77.4 cm³/mol. The second-order valence-corrected chi connectivity index (χ2v) is 5.38. The van der Waals surface area contributed by atoms with E-state index in [0.29, 0.717) is 17.2 Å². The van der Waals surface area contributed by atoms with Crippen LogP contribution in [0.2, 0.25) is 0 Å². The van der Waals surface area contributed by atoms with Crippen LogP contribution in [0.25, 0.3) is 0 Å². The van der Waals surface area contributed by atoms with Crippen LogP contribution in [0.15, 0.2) is 24.3 Å². The first kappa shape index (κ1) is 14.4. The molecule has 2 N–H and O–H groups in total. The summed E-state index contributed by atoms with van der Waals surface area (Å²) in [6.07, 6.45) is 0.526. The van der Waals surface area contributed by atoms with E-state index in [1.54, 1.807) is 18.2 Å². The topological polar surface area (TPSA) is 66.9 Å². The number of rotatable bonds is 5. The molecule has 0 aliphatic heterocycles. The molecule has 0 bridgehead atoms. The van der Waals surface area contributed by atoms with E-state index >= 15 is 0 Å². The van der Waals surface area contributed by atoms with Gasteiger partial charge in [-0.3, -0.25) is 10.1 Å². The zero-order valence-corrected chi connectivity index (χ0v) is 12.0. The Kier molecular flexibility index (Phi) is 4.62. The molecule has 1 aromatic carbocycles. The van der Waals surface area contributed by atoms with E-state index in [4.69, 9.17) is 0 Å². The molecule has 1 aromatic heterocycles. The van der Waals surface area contributed by atoms with Crippen molar-refractivity contribution in [3.8, 4) is 0 Å². The molecular weight excluding hydrogens is 279 g/mol.